The van der Waals surface area contributed by atoms with Gasteiger partial charge >= 0.3 is 0 Å². The highest BCUT2D eigenvalue weighted by molar-refractivity contribution is 6.03. The molecule has 1 heterocycles. The monoisotopic (exact) mass is 361 g/mol. The smallest absolute Gasteiger partial charge is 0.274 e. The Balaban J connectivity index is 1.81. The van der Waals surface area contributed by atoms with Crippen LogP contribution in [0, 0.1) is 23.3 Å². The summed E-state index contributed by atoms with van der Waals surface area (Å²) in [5.74, 6) is -4.10. The standard InChI is InChI=1S/C18H11F4N3O/c19-10-4-5-15(14(22)8-10)25-18(26)16-9-11(6-7-23-16)24-17-12(20)2-1-3-13(17)21/h1-9H,(H,23,24)(H,25,26). The molecule has 0 spiro atoms. The number of hydrogen-bond donors (Lipinski definition) is 2. The molecular formula is C18H11F4N3O. The Hall–Kier alpha value is -3.42. The SMILES string of the molecule is O=C(Nc1ccc(F)cc1F)c1cc(Nc2c(F)cccc2F)ccn1. The molecule has 3 aromatic rings. The molecule has 0 fully saturated rings. The van der Waals surface area contributed by atoms with E-state index < -0.39 is 29.2 Å². The fraction of sp³-hybridized carbons (Fsp3) is 0. The van der Waals surface area contributed by atoms with Crippen LogP contribution < -0.4 is 10.6 Å². The molecule has 2 N–H and O–H groups in total. The van der Waals surface area contributed by atoms with E-state index in [0.717, 1.165) is 24.3 Å². The second-order valence-electron chi connectivity index (χ2n) is 5.23. The molecule has 0 atom stereocenters. The summed E-state index contributed by atoms with van der Waals surface area (Å²) in [5, 5.41) is 4.77. The molecular weight excluding hydrogens is 350 g/mol. The summed E-state index contributed by atoms with van der Waals surface area (Å²) >= 11 is 0. The highest BCUT2D eigenvalue weighted by Crippen LogP contribution is 2.23. The van der Waals surface area contributed by atoms with Gasteiger partial charge in [0.05, 0.1) is 5.69 Å². The maximum atomic E-state index is 13.7. The summed E-state index contributed by atoms with van der Waals surface area (Å²) < 4.78 is 53.9. The molecule has 3 rings (SSSR count). The first-order valence-corrected chi connectivity index (χ1v) is 7.37. The van der Waals surface area contributed by atoms with Gasteiger partial charge < -0.3 is 10.6 Å². The van der Waals surface area contributed by atoms with E-state index >= 15 is 0 Å². The van der Waals surface area contributed by atoms with Crippen LogP contribution in [0.25, 0.3) is 0 Å². The highest BCUT2D eigenvalue weighted by Gasteiger charge is 2.13. The van der Waals surface area contributed by atoms with Crippen molar-refractivity contribution in [2.45, 2.75) is 0 Å². The zero-order valence-electron chi connectivity index (χ0n) is 13.1. The molecule has 0 unspecified atom stereocenters. The van der Waals surface area contributed by atoms with Crippen molar-refractivity contribution in [2.24, 2.45) is 0 Å². The molecule has 0 aliphatic rings. The average Bonchev–Trinajstić information content (AvgIpc) is 2.61. The van der Waals surface area contributed by atoms with Gasteiger partial charge in [-0.05, 0) is 36.4 Å². The first kappa shape index (κ1) is 17.4. The lowest BCUT2D eigenvalue weighted by Crippen LogP contribution is -2.15. The van der Waals surface area contributed by atoms with E-state index in [4.69, 9.17) is 0 Å². The van der Waals surface area contributed by atoms with E-state index in [-0.39, 0.29) is 22.8 Å². The third kappa shape index (κ3) is 3.80. The predicted octanol–water partition coefficient (Wildman–Crippen LogP) is 4.63. The van der Waals surface area contributed by atoms with E-state index in [1.807, 2.05) is 0 Å². The number of carbonyl (C=O) groups excluding carboxylic acids is 1. The van der Waals surface area contributed by atoms with Gasteiger partial charge in [0.1, 0.15) is 34.7 Å². The third-order valence-electron chi connectivity index (χ3n) is 3.40. The summed E-state index contributed by atoms with van der Waals surface area (Å²) in [4.78, 5) is 16.0. The number of nitrogens with zero attached hydrogens (tertiary/aromatic N) is 1. The average molecular weight is 361 g/mol. The number of aromatic nitrogens is 1. The number of halogens is 4. The molecule has 1 amide bonds. The van der Waals surface area contributed by atoms with Crippen LogP contribution in [0.1, 0.15) is 10.5 Å². The maximum Gasteiger partial charge on any atom is 0.274 e. The number of anilines is 3. The van der Waals surface area contributed by atoms with Gasteiger partial charge in [-0.2, -0.15) is 0 Å². The number of carbonyl (C=O) groups is 1. The summed E-state index contributed by atoms with van der Waals surface area (Å²) in [7, 11) is 0. The molecule has 132 valence electrons. The quantitative estimate of drug-likeness (QED) is 0.666. The number of rotatable bonds is 4. The highest BCUT2D eigenvalue weighted by atomic mass is 19.1. The van der Waals surface area contributed by atoms with Crippen molar-refractivity contribution in [3.63, 3.8) is 0 Å². The molecule has 1 aromatic heterocycles. The van der Waals surface area contributed by atoms with Crippen molar-refractivity contribution in [1.82, 2.24) is 4.98 Å². The summed E-state index contributed by atoms with van der Waals surface area (Å²) in [5.41, 5.74) is -0.532. The lowest BCUT2D eigenvalue weighted by atomic mass is 10.2. The topological polar surface area (TPSA) is 54.0 Å². The van der Waals surface area contributed by atoms with Crippen molar-refractivity contribution in [3.05, 3.63) is 83.7 Å². The first-order chi connectivity index (χ1) is 12.4. The largest absolute Gasteiger partial charge is 0.351 e. The molecule has 0 aliphatic carbocycles. The van der Waals surface area contributed by atoms with Crippen LogP contribution in [-0.2, 0) is 0 Å². The van der Waals surface area contributed by atoms with Crippen molar-refractivity contribution in [3.8, 4) is 0 Å². The van der Waals surface area contributed by atoms with Crippen LogP contribution in [0.3, 0.4) is 0 Å². The van der Waals surface area contributed by atoms with E-state index in [1.165, 1.54) is 24.4 Å². The summed E-state index contributed by atoms with van der Waals surface area (Å²) in [6.07, 6.45) is 1.25. The Morgan fingerprint density at radius 1 is 0.885 bits per heavy atom. The number of pyridine rings is 1. The fourth-order valence-corrected chi connectivity index (χ4v) is 2.17. The van der Waals surface area contributed by atoms with Crippen molar-refractivity contribution in [2.75, 3.05) is 10.6 Å². The number of nitrogens with one attached hydrogen (secondary N) is 2. The number of para-hydroxylation sites is 1. The normalized spacial score (nSPS) is 10.5. The van der Waals surface area contributed by atoms with Crippen LogP contribution in [0.2, 0.25) is 0 Å². The summed E-state index contributed by atoms with van der Waals surface area (Å²) in [6, 6.07) is 8.71. The molecule has 0 saturated heterocycles. The van der Waals surface area contributed by atoms with Gasteiger partial charge in [-0.15, -0.1) is 0 Å². The molecule has 4 nitrogen and oxygen atoms in total. The van der Waals surface area contributed by atoms with Crippen molar-refractivity contribution in [1.29, 1.82) is 0 Å². The summed E-state index contributed by atoms with van der Waals surface area (Å²) in [6.45, 7) is 0. The zero-order chi connectivity index (χ0) is 18.7. The van der Waals surface area contributed by atoms with Gasteiger partial charge in [0.25, 0.3) is 5.91 Å². The minimum atomic E-state index is -0.943. The first-order valence-electron chi connectivity index (χ1n) is 7.37. The minimum absolute atomic E-state index is 0.129. The Labute approximate surface area is 145 Å². The molecule has 2 aromatic carbocycles. The van der Waals surface area contributed by atoms with E-state index in [1.54, 1.807) is 0 Å². The lowest BCUT2D eigenvalue weighted by Gasteiger charge is -2.10. The van der Waals surface area contributed by atoms with Gasteiger partial charge in [-0.3, -0.25) is 9.78 Å². The van der Waals surface area contributed by atoms with Gasteiger partial charge in [-0.1, -0.05) is 6.07 Å². The minimum Gasteiger partial charge on any atom is -0.351 e. The van der Waals surface area contributed by atoms with Crippen molar-refractivity contribution < 1.29 is 22.4 Å². The van der Waals surface area contributed by atoms with E-state index in [2.05, 4.69) is 15.6 Å². The molecule has 0 aliphatic heterocycles. The molecule has 0 saturated carbocycles. The van der Waals surface area contributed by atoms with Crippen LogP contribution >= 0.6 is 0 Å². The Bertz CT molecular complexity index is 958. The molecule has 0 bridgehead atoms. The van der Waals surface area contributed by atoms with E-state index in [0.29, 0.717) is 6.07 Å². The number of hydrogen-bond acceptors (Lipinski definition) is 3. The number of benzene rings is 2. The van der Waals surface area contributed by atoms with Gasteiger partial charge in [0.15, 0.2) is 0 Å². The molecule has 26 heavy (non-hydrogen) atoms. The van der Waals surface area contributed by atoms with Crippen molar-refractivity contribution >= 4 is 23.0 Å². The maximum absolute atomic E-state index is 13.7. The van der Waals surface area contributed by atoms with Crippen LogP contribution in [0.4, 0.5) is 34.6 Å². The van der Waals surface area contributed by atoms with Crippen LogP contribution in [0.15, 0.2) is 54.7 Å². The fourth-order valence-electron chi connectivity index (χ4n) is 2.17. The zero-order valence-corrected chi connectivity index (χ0v) is 13.1. The third-order valence-corrected chi connectivity index (χ3v) is 3.40. The van der Waals surface area contributed by atoms with Gasteiger partial charge in [-0.25, -0.2) is 17.6 Å². The van der Waals surface area contributed by atoms with Gasteiger partial charge in [0, 0.05) is 18.0 Å². The number of amides is 1. The Morgan fingerprint density at radius 3 is 2.31 bits per heavy atom. The molecule has 8 heteroatoms. The second kappa shape index (κ2) is 7.22. The lowest BCUT2D eigenvalue weighted by molar-refractivity contribution is 0.102. The molecule has 0 radical (unpaired) electrons. The van der Waals surface area contributed by atoms with Crippen LogP contribution in [-0.4, -0.2) is 10.9 Å². The van der Waals surface area contributed by atoms with Crippen LogP contribution in [0.5, 0.6) is 0 Å². The Kier molecular flexibility index (Phi) is 4.83. The van der Waals surface area contributed by atoms with Gasteiger partial charge in [0.2, 0.25) is 0 Å². The Morgan fingerprint density at radius 2 is 1.62 bits per heavy atom. The predicted molar refractivity (Wildman–Crippen MR) is 88.2 cm³/mol. The second-order valence-corrected chi connectivity index (χ2v) is 5.23. The van der Waals surface area contributed by atoms with E-state index in [9.17, 15) is 22.4 Å².